The van der Waals surface area contributed by atoms with Gasteiger partial charge >= 0.3 is 44.5 Å². The van der Waals surface area contributed by atoms with Gasteiger partial charge in [0.25, 0.3) is 0 Å². The molecular weight excluding hydrogens is 869 g/mol. The van der Waals surface area contributed by atoms with Crippen LogP contribution in [-0.4, -0.2) is 110 Å². The van der Waals surface area contributed by atoms with E-state index in [9.17, 15) is 0 Å². The van der Waals surface area contributed by atoms with Gasteiger partial charge in [-0.3, -0.25) is 0 Å². The van der Waals surface area contributed by atoms with E-state index in [-0.39, 0.29) is 0 Å². The lowest BCUT2D eigenvalue weighted by atomic mass is 11.8. The second-order valence-electron chi connectivity index (χ2n) is 21.4. The molecule has 1 fully saturated rings. The average Bonchev–Trinajstić information content (AvgIpc) is 2.60. The summed E-state index contributed by atoms with van der Waals surface area (Å²) in [6.07, 6.45) is 0. The Labute approximate surface area is 327 Å². The summed E-state index contributed by atoms with van der Waals surface area (Å²) in [7, 11) is -37.3. The second kappa shape index (κ2) is 16.2. The van der Waals surface area contributed by atoms with Crippen LogP contribution < -0.4 is 0 Å². The van der Waals surface area contributed by atoms with Crippen molar-refractivity contribution in [1.29, 1.82) is 0 Å². The van der Waals surface area contributed by atoms with E-state index in [1.165, 1.54) is 0 Å². The molecule has 0 aromatic rings. The summed E-state index contributed by atoms with van der Waals surface area (Å²) in [4.78, 5) is 0. The molecule has 0 spiro atoms. The molecule has 1 aliphatic heterocycles. The lowest BCUT2D eigenvalue weighted by Gasteiger charge is -2.53. The van der Waals surface area contributed by atoms with E-state index in [0.29, 0.717) is 0 Å². The highest BCUT2D eigenvalue weighted by atomic mass is 29.3. The van der Waals surface area contributed by atoms with Crippen molar-refractivity contribution in [3.8, 4) is 0 Å². The van der Waals surface area contributed by atoms with Gasteiger partial charge in [-0.1, -0.05) is 19.6 Å². The number of hydrogen-bond acceptors (Lipinski definition) is 12. The summed E-state index contributed by atoms with van der Waals surface area (Å²) < 4.78 is 85.0. The third-order valence-electron chi connectivity index (χ3n) is 6.45. The largest absolute Gasteiger partial charge is 0.643 e. The van der Waals surface area contributed by atoms with E-state index in [1.54, 1.807) is 0 Å². The van der Waals surface area contributed by atoms with Crippen molar-refractivity contribution in [3.63, 3.8) is 0 Å². The van der Waals surface area contributed by atoms with Crippen LogP contribution in [-0.2, 0) is 49.4 Å². The van der Waals surface area contributed by atoms with Gasteiger partial charge in [0.2, 0.25) is 0 Å². The zero-order valence-electron chi connectivity index (χ0n) is 37.4. The van der Waals surface area contributed by atoms with E-state index >= 15 is 0 Å². The predicted molar refractivity (Wildman–Crippen MR) is 240 cm³/mol. The number of hydrogen-bond donors (Lipinski definition) is 0. The zero-order valence-corrected chi connectivity index (χ0v) is 50.4. The van der Waals surface area contributed by atoms with Crippen molar-refractivity contribution in [1.82, 2.24) is 0 Å². The highest BCUT2D eigenvalue weighted by Crippen LogP contribution is 2.42. The Morgan fingerprint density at radius 3 is 0.824 bits per heavy atom. The molecule has 0 aromatic carbocycles. The lowest BCUT2D eigenvalue weighted by Crippen LogP contribution is -2.79. The van der Waals surface area contributed by atoms with Crippen LogP contribution in [0.3, 0.4) is 0 Å². The molecule has 1 unspecified atom stereocenters. The molecule has 0 N–H and O–H groups in total. The molecule has 1 rings (SSSR count). The maximum Gasteiger partial charge on any atom is 0.643 e. The van der Waals surface area contributed by atoms with E-state index < -0.39 is 110 Å². The fraction of sp³-hybridized carbons (Fsp3) is 1.00. The Morgan fingerprint density at radius 1 is 0.333 bits per heavy atom. The molecule has 306 valence electrons. The Bertz CT molecular complexity index is 1100. The Balaban J connectivity index is 4.37. The Morgan fingerprint density at radius 2 is 0.608 bits per heavy atom. The van der Waals surface area contributed by atoms with Crippen LogP contribution in [0.25, 0.3) is 0 Å². The van der Waals surface area contributed by atoms with Gasteiger partial charge in [0.1, 0.15) is 0 Å². The summed E-state index contributed by atoms with van der Waals surface area (Å²) >= 11 is 0. The minimum Gasteiger partial charge on any atom is -0.398 e. The van der Waals surface area contributed by atoms with E-state index in [2.05, 4.69) is 151 Å². The van der Waals surface area contributed by atoms with Crippen LogP contribution >= 0.6 is 0 Å². The first-order valence-electron chi connectivity index (χ1n) is 18.1. The zero-order chi connectivity index (χ0) is 41.0. The van der Waals surface area contributed by atoms with E-state index in [0.717, 1.165) is 0 Å². The molecule has 0 saturated carbocycles. The quantitative estimate of drug-likeness (QED) is 0.102. The van der Waals surface area contributed by atoms with Crippen molar-refractivity contribution in [2.45, 2.75) is 170 Å². The standard InChI is InChI=1S/C26H78O12Si13/c1-39(2,3)27-49(28-40(4,5)6,29-41(7,8)9)36-48(26,38-51(32-44(16,17)18)33-46(22,23)34-51)37-50(30-42(10,11)12,31-43(13,14)15)35-47(24,25)45(19,20)21/h1-26H3. The lowest BCUT2D eigenvalue weighted by molar-refractivity contribution is 0.0164. The molecule has 0 amide bonds. The van der Waals surface area contributed by atoms with Crippen molar-refractivity contribution in [2.75, 3.05) is 0 Å². The minimum atomic E-state index is -4.19. The molecular formula is C26H78O12Si13. The van der Waals surface area contributed by atoms with Crippen LogP contribution in [0.15, 0.2) is 0 Å². The maximum atomic E-state index is 7.48. The van der Waals surface area contributed by atoms with Crippen molar-refractivity contribution in [2.24, 2.45) is 0 Å². The third-order valence-corrected chi connectivity index (χ3v) is 58.9. The molecule has 0 aromatic heterocycles. The molecule has 1 aliphatic rings. The summed E-state index contributed by atoms with van der Waals surface area (Å²) in [5, 5.41) is 0. The Hall–Kier alpha value is 2.34. The van der Waals surface area contributed by atoms with Crippen LogP contribution in [0.1, 0.15) is 0 Å². The summed E-state index contributed by atoms with van der Waals surface area (Å²) in [6, 6.07) is 0. The fourth-order valence-electron chi connectivity index (χ4n) is 4.42. The molecule has 1 atom stereocenters. The predicted octanol–water partition coefficient (Wildman–Crippen LogP) is 9.41. The molecule has 12 nitrogen and oxygen atoms in total. The summed E-state index contributed by atoms with van der Waals surface area (Å²) in [5.41, 5.74) is 0. The molecule has 1 heterocycles. The molecule has 0 aliphatic carbocycles. The highest BCUT2D eigenvalue weighted by molar-refractivity contribution is 7.38. The first-order chi connectivity index (χ1) is 21.7. The van der Waals surface area contributed by atoms with E-state index in [1.807, 2.05) is 19.6 Å². The maximum absolute atomic E-state index is 7.48. The second-order valence-corrected chi connectivity index (χ2v) is 79.7. The van der Waals surface area contributed by atoms with E-state index in [4.69, 9.17) is 49.4 Å². The normalized spacial score (nSPS) is 19.9. The Kier molecular flexibility index (Phi) is 16.3. The first kappa shape index (κ1) is 51.4. The van der Waals surface area contributed by atoms with Crippen molar-refractivity contribution < 1.29 is 49.4 Å². The minimum absolute atomic E-state index is 1.85. The smallest absolute Gasteiger partial charge is 0.398 e. The SMILES string of the molecule is C[Si](C)(C)O[Si](O[Si](C)(C)C)(O[Si](C)(C)C)O[Si](C)(O[Si]1(O[Si](C)(C)C)O[Si](C)(C)O1)O[Si](O[Si](C)(C)C)(O[Si](C)(C)C)O[Si](C)(C)[Si](C)(C)C. The average molecular weight is 948 g/mol. The van der Waals surface area contributed by atoms with Crippen LogP contribution in [0.5, 0.6) is 0 Å². The monoisotopic (exact) mass is 946 g/mol. The molecule has 25 heteroatoms. The van der Waals surface area contributed by atoms with Gasteiger partial charge in [-0.25, -0.2) is 0 Å². The third kappa shape index (κ3) is 19.1. The van der Waals surface area contributed by atoms with Crippen LogP contribution in [0.4, 0.5) is 0 Å². The topological polar surface area (TPSA) is 111 Å². The fourth-order valence-corrected chi connectivity index (χ4v) is 51.2. The molecule has 0 radical (unpaired) electrons. The van der Waals surface area contributed by atoms with Gasteiger partial charge in [-0.15, -0.1) is 0 Å². The van der Waals surface area contributed by atoms with Crippen LogP contribution in [0, 0.1) is 0 Å². The summed E-state index contributed by atoms with van der Waals surface area (Å²) in [5.74, 6) is 0. The molecule has 1 saturated heterocycles. The highest BCUT2D eigenvalue weighted by Gasteiger charge is 2.73. The molecule has 51 heavy (non-hydrogen) atoms. The van der Waals surface area contributed by atoms with Crippen molar-refractivity contribution in [3.05, 3.63) is 0 Å². The van der Waals surface area contributed by atoms with Crippen molar-refractivity contribution >= 4 is 110 Å². The number of rotatable bonds is 21. The molecule has 0 bridgehead atoms. The van der Waals surface area contributed by atoms with Gasteiger partial charge in [0, 0.05) is 6.55 Å². The van der Waals surface area contributed by atoms with Gasteiger partial charge in [0.05, 0.1) is 7.59 Å². The van der Waals surface area contributed by atoms with Gasteiger partial charge in [-0.2, -0.15) is 0 Å². The van der Waals surface area contributed by atoms with Crippen LogP contribution in [0.2, 0.25) is 170 Å². The van der Waals surface area contributed by atoms with Gasteiger partial charge in [-0.05, 0) is 144 Å². The van der Waals surface area contributed by atoms with Gasteiger partial charge in [0.15, 0.2) is 57.7 Å². The summed E-state index contributed by atoms with van der Waals surface area (Å²) in [6.45, 7) is 55.4. The van der Waals surface area contributed by atoms with Gasteiger partial charge < -0.3 is 49.4 Å². The first-order valence-corrected chi connectivity index (χ1v) is 55.9.